The fourth-order valence-electron chi connectivity index (χ4n) is 1.68. The lowest BCUT2D eigenvalue weighted by Gasteiger charge is -2.21. The van der Waals surface area contributed by atoms with Crippen molar-refractivity contribution in [3.8, 4) is 5.95 Å². The normalized spacial score (nSPS) is 10.6. The van der Waals surface area contributed by atoms with Crippen molar-refractivity contribution in [3.05, 3.63) is 18.5 Å². The summed E-state index contributed by atoms with van der Waals surface area (Å²) < 4.78 is 6.55. The monoisotopic (exact) mass is 294 g/mol. The Morgan fingerprint density at radius 3 is 2.86 bits per heavy atom. The van der Waals surface area contributed by atoms with Gasteiger partial charge in [0.15, 0.2) is 0 Å². The molecule has 2 aromatic rings. The third-order valence-corrected chi connectivity index (χ3v) is 2.67. The van der Waals surface area contributed by atoms with E-state index >= 15 is 0 Å². The van der Waals surface area contributed by atoms with Crippen LogP contribution in [0.1, 0.15) is 0 Å². The van der Waals surface area contributed by atoms with Crippen LogP contribution in [0.25, 0.3) is 5.95 Å². The molecular formula is C11H18N8O2. The van der Waals surface area contributed by atoms with Gasteiger partial charge in [-0.05, 0) is 6.07 Å². The number of hydrazine groups is 1. The Hall–Kier alpha value is -2.30. The summed E-state index contributed by atoms with van der Waals surface area (Å²) in [5, 5.41) is 13.2. The Morgan fingerprint density at radius 1 is 1.38 bits per heavy atom. The summed E-state index contributed by atoms with van der Waals surface area (Å²) in [6, 6.07) is 1.76. The highest BCUT2D eigenvalue weighted by molar-refractivity contribution is 5.39. The molecule has 0 spiro atoms. The highest BCUT2D eigenvalue weighted by Gasteiger charge is 2.14. The van der Waals surface area contributed by atoms with Crippen molar-refractivity contribution in [2.75, 3.05) is 43.7 Å². The first-order valence-corrected chi connectivity index (χ1v) is 6.36. The number of nitrogens with two attached hydrogens (primary N) is 1. The lowest BCUT2D eigenvalue weighted by Crippen LogP contribution is -2.32. The molecule has 0 amide bonds. The van der Waals surface area contributed by atoms with Crippen LogP contribution in [0.15, 0.2) is 18.5 Å². The van der Waals surface area contributed by atoms with Crippen molar-refractivity contribution in [2.45, 2.75) is 0 Å². The van der Waals surface area contributed by atoms with Crippen molar-refractivity contribution in [1.29, 1.82) is 0 Å². The van der Waals surface area contributed by atoms with E-state index in [1.807, 2.05) is 0 Å². The number of nitrogens with zero attached hydrogens (tertiary/aromatic N) is 6. The maximum absolute atomic E-state index is 9.17. The van der Waals surface area contributed by atoms with Gasteiger partial charge >= 0.3 is 0 Å². The molecule has 0 fully saturated rings. The molecule has 2 heterocycles. The number of aromatic nitrogens is 5. The molecule has 0 saturated carbocycles. The number of methoxy groups -OCH3 is 1. The minimum Gasteiger partial charge on any atom is -0.395 e. The predicted molar refractivity (Wildman–Crippen MR) is 75.9 cm³/mol. The molecule has 10 heteroatoms. The van der Waals surface area contributed by atoms with Gasteiger partial charge < -0.3 is 14.7 Å². The molecule has 10 nitrogen and oxygen atoms in total. The van der Waals surface area contributed by atoms with E-state index in [1.165, 1.54) is 4.68 Å². The van der Waals surface area contributed by atoms with E-state index in [1.54, 1.807) is 30.5 Å². The van der Waals surface area contributed by atoms with Crippen molar-refractivity contribution < 1.29 is 9.84 Å². The molecule has 114 valence electrons. The van der Waals surface area contributed by atoms with E-state index in [0.29, 0.717) is 31.6 Å². The third-order valence-electron chi connectivity index (χ3n) is 2.67. The Kier molecular flexibility index (Phi) is 5.37. The van der Waals surface area contributed by atoms with Gasteiger partial charge in [0.05, 0.1) is 13.2 Å². The molecule has 21 heavy (non-hydrogen) atoms. The standard InChI is InChI=1S/C11H18N8O2/c1-21-8-6-18(5-7-20)10-14-9(17-12)15-11(16-10)19-4-2-3-13-19/h2-4,20H,5-8,12H2,1H3,(H,14,15,16,17). The first-order valence-electron chi connectivity index (χ1n) is 6.36. The number of aliphatic hydroxyl groups is 1. The summed E-state index contributed by atoms with van der Waals surface area (Å²) in [4.78, 5) is 14.4. The fourth-order valence-corrected chi connectivity index (χ4v) is 1.68. The number of hydrogen-bond donors (Lipinski definition) is 3. The van der Waals surface area contributed by atoms with Crippen molar-refractivity contribution in [1.82, 2.24) is 24.7 Å². The third kappa shape index (κ3) is 3.84. The van der Waals surface area contributed by atoms with Gasteiger partial charge in [-0.15, -0.1) is 0 Å². The summed E-state index contributed by atoms with van der Waals surface area (Å²) >= 11 is 0. The fraction of sp³-hybridized carbons (Fsp3) is 0.455. The van der Waals surface area contributed by atoms with E-state index in [9.17, 15) is 0 Å². The molecule has 0 saturated heterocycles. The molecule has 0 aliphatic rings. The van der Waals surface area contributed by atoms with Gasteiger partial charge in [-0.2, -0.15) is 20.1 Å². The smallest absolute Gasteiger partial charge is 0.257 e. The zero-order valence-corrected chi connectivity index (χ0v) is 11.7. The molecule has 0 aliphatic carbocycles. The molecule has 0 bridgehead atoms. The van der Waals surface area contributed by atoms with Gasteiger partial charge in [0.1, 0.15) is 0 Å². The minimum atomic E-state index is -0.0299. The van der Waals surface area contributed by atoms with Crippen LogP contribution >= 0.6 is 0 Å². The number of anilines is 2. The Labute approximate surface area is 121 Å². The van der Waals surface area contributed by atoms with E-state index in [-0.39, 0.29) is 12.6 Å². The van der Waals surface area contributed by atoms with Gasteiger partial charge in [-0.3, -0.25) is 5.43 Å². The summed E-state index contributed by atoms with van der Waals surface area (Å²) in [7, 11) is 1.60. The molecule has 0 radical (unpaired) electrons. The Morgan fingerprint density at radius 2 is 2.24 bits per heavy atom. The molecule has 0 unspecified atom stereocenters. The topological polar surface area (TPSA) is 127 Å². The summed E-state index contributed by atoms with van der Waals surface area (Å²) in [5.41, 5.74) is 2.40. The van der Waals surface area contributed by atoms with Gasteiger partial charge in [0, 0.05) is 32.6 Å². The van der Waals surface area contributed by atoms with Crippen LogP contribution in [-0.2, 0) is 4.74 Å². The van der Waals surface area contributed by atoms with Crippen LogP contribution in [0.2, 0.25) is 0 Å². The van der Waals surface area contributed by atoms with Gasteiger partial charge in [-0.1, -0.05) is 0 Å². The summed E-state index contributed by atoms with van der Waals surface area (Å²) in [5.74, 6) is 6.32. The SMILES string of the molecule is COCCN(CCO)c1nc(NN)nc(-n2cccn2)n1. The highest BCUT2D eigenvalue weighted by atomic mass is 16.5. The average Bonchev–Trinajstić information content (AvgIpc) is 3.05. The van der Waals surface area contributed by atoms with Gasteiger partial charge in [-0.25, -0.2) is 10.5 Å². The molecule has 0 aromatic carbocycles. The number of ether oxygens (including phenoxy) is 1. The molecular weight excluding hydrogens is 276 g/mol. The van der Waals surface area contributed by atoms with Crippen LogP contribution < -0.4 is 16.2 Å². The average molecular weight is 294 g/mol. The number of rotatable bonds is 8. The van der Waals surface area contributed by atoms with Crippen molar-refractivity contribution >= 4 is 11.9 Å². The van der Waals surface area contributed by atoms with Crippen LogP contribution in [0.4, 0.5) is 11.9 Å². The molecule has 0 aliphatic heterocycles. The van der Waals surface area contributed by atoms with Gasteiger partial charge in [0.2, 0.25) is 11.9 Å². The second-order valence-corrected chi connectivity index (χ2v) is 4.06. The molecule has 2 rings (SSSR count). The van der Waals surface area contributed by atoms with Crippen LogP contribution in [0.3, 0.4) is 0 Å². The zero-order chi connectivity index (χ0) is 15.1. The van der Waals surface area contributed by atoms with Crippen LogP contribution in [0, 0.1) is 0 Å². The summed E-state index contributed by atoms with van der Waals surface area (Å²) in [6.45, 7) is 1.35. The Bertz CT molecular complexity index is 547. The number of nitrogens with one attached hydrogen (secondary N) is 1. The number of hydrogen-bond acceptors (Lipinski definition) is 9. The maximum Gasteiger partial charge on any atom is 0.257 e. The predicted octanol–water partition coefficient (Wildman–Crippen LogP) is -1.21. The lowest BCUT2D eigenvalue weighted by atomic mass is 10.5. The van der Waals surface area contributed by atoms with Gasteiger partial charge in [0.25, 0.3) is 5.95 Å². The highest BCUT2D eigenvalue weighted by Crippen LogP contribution is 2.12. The maximum atomic E-state index is 9.17. The first-order chi connectivity index (χ1) is 10.3. The van der Waals surface area contributed by atoms with E-state index < -0.39 is 0 Å². The van der Waals surface area contributed by atoms with Crippen LogP contribution in [0.5, 0.6) is 0 Å². The number of nitrogen functional groups attached to an aromatic ring is 1. The number of aliphatic hydroxyl groups excluding tert-OH is 1. The second-order valence-electron chi connectivity index (χ2n) is 4.06. The lowest BCUT2D eigenvalue weighted by molar-refractivity contribution is 0.202. The molecule has 0 atom stereocenters. The largest absolute Gasteiger partial charge is 0.395 e. The summed E-state index contributed by atoms with van der Waals surface area (Å²) in [6.07, 6.45) is 3.33. The second kappa shape index (κ2) is 7.47. The van der Waals surface area contributed by atoms with Crippen molar-refractivity contribution in [3.63, 3.8) is 0 Å². The van der Waals surface area contributed by atoms with E-state index in [2.05, 4.69) is 25.5 Å². The Balaban J connectivity index is 2.34. The first kappa shape index (κ1) is 15.1. The minimum absolute atomic E-state index is 0.0299. The van der Waals surface area contributed by atoms with Crippen LogP contribution in [-0.4, -0.2) is 63.3 Å². The van der Waals surface area contributed by atoms with E-state index in [0.717, 1.165) is 0 Å². The van der Waals surface area contributed by atoms with Crippen molar-refractivity contribution in [2.24, 2.45) is 5.84 Å². The molecule has 4 N–H and O–H groups in total. The molecule has 2 aromatic heterocycles. The van der Waals surface area contributed by atoms with E-state index in [4.69, 9.17) is 15.7 Å². The quantitative estimate of drug-likeness (QED) is 0.406. The zero-order valence-electron chi connectivity index (χ0n) is 11.7.